The Morgan fingerprint density at radius 1 is 1.23 bits per heavy atom. The average molecular weight is 373 g/mol. The molecule has 0 fully saturated rings. The third kappa shape index (κ3) is 4.46. The molecule has 2 aromatic heterocycles. The highest BCUT2D eigenvalue weighted by Crippen LogP contribution is 2.18. The summed E-state index contributed by atoms with van der Waals surface area (Å²) in [7, 11) is 1.87. The lowest BCUT2D eigenvalue weighted by Crippen LogP contribution is -2.23. The molecule has 0 aliphatic rings. The van der Waals surface area contributed by atoms with Crippen molar-refractivity contribution in [3.63, 3.8) is 0 Å². The van der Waals surface area contributed by atoms with Crippen molar-refractivity contribution in [1.82, 2.24) is 20.1 Å². The van der Waals surface area contributed by atoms with Crippen LogP contribution in [0.25, 0.3) is 11.3 Å². The summed E-state index contributed by atoms with van der Waals surface area (Å²) in [5, 5.41) is 7.09. The standard InChI is InChI=1S/C19H18ClFN4O/c1-25-18(6-7-24-25)15-8-14(10-22-12-15)11-23-19(26)5-3-13-2-4-17(21)16(20)9-13/h2,4,6-10,12H,3,5,11H2,1H3,(H,23,26). The lowest BCUT2D eigenvalue weighted by molar-refractivity contribution is -0.121. The summed E-state index contributed by atoms with van der Waals surface area (Å²) < 4.78 is 14.9. The Bertz CT molecular complexity index is 925. The van der Waals surface area contributed by atoms with Crippen molar-refractivity contribution >= 4 is 17.5 Å². The lowest BCUT2D eigenvalue weighted by atomic mass is 10.1. The highest BCUT2D eigenvalue weighted by Gasteiger charge is 2.07. The van der Waals surface area contributed by atoms with E-state index < -0.39 is 5.82 Å². The van der Waals surface area contributed by atoms with Crippen molar-refractivity contribution < 1.29 is 9.18 Å². The quantitative estimate of drug-likeness (QED) is 0.720. The maximum atomic E-state index is 13.1. The number of rotatable bonds is 6. The van der Waals surface area contributed by atoms with Crippen molar-refractivity contribution in [2.75, 3.05) is 0 Å². The van der Waals surface area contributed by atoms with Crippen LogP contribution in [0.3, 0.4) is 0 Å². The predicted octanol–water partition coefficient (Wildman–Crippen LogP) is 3.52. The molecule has 0 saturated heterocycles. The molecule has 26 heavy (non-hydrogen) atoms. The molecule has 0 saturated carbocycles. The van der Waals surface area contributed by atoms with Gasteiger partial charge in [0.25, 0.3) is 0 Å². The monoisotopic (exact) mass is 372 g/mol. The normalized spacial score (nSPS) is 10.7. The Labute approximate surface area is 155 Å². The molecule has 2 heterocycles. The summed E-state index contributed by atoms with van der Waals surface area (Å²) in [6, 6.07) is 8.38. The zero-order valence-electron chi connectivity index (χ0n) is 14.2. The van der Waals surface area contributed by atoms with E-state index in [1.54, 1.807) is 35.4 Å². The molecule has 0 aliphatic carbocycles. The van der Waals surface area contributed by atoms with Gasteiger partial charge in [0.2, 0.25) is 5.91 Å². The maximum Gasteiger partial charge on any atom is 0.220 e. The Kier molecular flexibility index (Phi) is 5.63. The number of aryl methyl sites for hydroxylation is 2. The van der Waals surface area contributed by atoms with Crippen LogP contribution in [0.4, 0.5) is 4.39 Å². The lowest BCUT2D eigenvalue weighted by Gasteiger charge is -2.08. The van der Waals surface area contributed by atoms with Crippen molar-refractivity contribution in [1.29, 1.82) is 0 Å². The molecule has 134 valence electrons. The van der Waals surface area contributed by atoms with E-state index in [-0.39, 0.29) is 10.9 Å². The number of carbonyl (C=O) groups is 1. The summed E-state index contributed by atoms with van der Waals surface area (Å²) in [5.41, 5.74) is 3.63. The smallest absolute Gasteiger partial charge is 0.220 e. The van der Waals surface area contributed by atoms with Crippen LogP contribution in [0.15, 0.2) is 48.9 Å². The molecule has 7 heteroatoms. The van der Waals surface area contributed by atoms with Gasteiger partial charge in [0, 0.05) is 44.2 Å². The van der Waals surface area contributed by atoms with Crippen LogP contribution in [-0.2, 0) is 24.8 Å². The number of hydrogen-bond acceptors (Lipinski definition) is 3. The van der Waals surface area contributed by atoms with E-state index in [1.807, 2.05) is 19.2 Å². The molecule has 0 radical (unpaired) electrons. The number of aromatic nitrogens is 3. The average Bonchev–Trinajstić information content (AvgIpc) is 3.07. The number of benzene rings is 1. The van der Waals surface area contributed by atoms with Crippen LogP contribution in [0, 0.1) is 5.82 Å². The van der Waals surface area contributed by atoms with Crippen LogP contribution < -0.4 is 5.32 Å². The first-order valence-corrected chi connectivity index (χ1v) is 8.53. The number of amides is 1. The van der Waals surface area contributed by atoms with Gasteiger partial charge in [0.15, 0.2) is 0 Å². The molecular weight excluding hydrogens is 355 g/mol. The SMILES string of the molecule is Cn1nccc1-c1cncc(CNC(=O)CCc2ccc(F)c(Cl)c2)c1. The van der Waals surface area contributed by atoms with E-state index >= 15 is 0 Å². The van der Waals surface area contributed by atoms with Crippen LogP contribution in [0.1, 0.15) is 17.5 Å². The Hall–Kier alpha value is -2.73. The highest BCUT2D eigenvalue weighted by atomic mass is 35.5. The van der Waals surface area contributed by atoms with Gasteiger partial charge < -0.3 is 5.32 Å². The molecule has 3 aromatic rings. The first-order valence-electron chi connectivity index (χ1n) is 8.16. The summed E-state index contributed by atoms with van der Waals surface area (Å²) in [4.78, 5) is 16.3. The summed E-state index contributed by atoms with van der Waals surface area (Å²) in [6.07, 6.45) is 6.02. The molecule has 1 N–H and O–H groups in total. The van der Waals surface area contributed by atoms with E-state index in [1.165, 1.54) is 6.07 Å². The summed E-state index contributed by atoms with van der Waals surface area (Å²) in [6.45, 7) is 0.391. The molecule has 3 rings (SSSR count). The Balaban J connectivity index is 1.54. The molecule has 0 atom stereocenters. The van der Waals surface area contributed by atoms with E-state index in [2.05, 4.69) is 15.4 Å². The van der Waals surface area contributed by atoms with E-state index in [9.17, 15) is 9.18 Å². The fourth-order valence-corrected chi connectivity index (χ4v) is 2.83. The second-order valence-electron chi connectivity index (χ2n) is 5.95. The number of nitrogens with zero attached hydrogens (tertiary/aromatic N) is 3. The van der Waals surface area contributed by atoms with Gasteiger partial charge in [0.1, 0.15) is 5.82 Å². The second-order valence-corrected chi connectivity index (χ2v) is 6.35. The second kappa shape index (κ2) is 8.10. The van der Waals surface area contributed by atoms with Gasteiger partial charge in [-0.05, 0) is 41.8 Å². The van der Waals surface area contributed by atoms with Gasteiger partial charge in [-0.2, -0.15) is 5.10 Å². The molecule has 0 unspecified atom stereocenters. The van der Waals surface area contributed by atoms with Crippen molar-refractivity contribution in [2.24, 2.45) is 7.05 Å². The number of carbonyl (C=O) groups excluding carboxylic acids is 1. The van der Waals surface area contributed by atoms with Gasteiger partial charge in [-0.1, -0.05) is 17.7 Å². The van der Waals surface area contributed by atoms with Crippen LogP contribution in [0.5, 0.6) is 0 Å². The van der Waals surface area contributed by atoms with Crippen LogP contribution >= 0.6 is 11.6 Å². The Morgan fingerprint density at radius 3 is 2.81 bits per heavy atom. The topological polar surface area (TPSA) is 59.8 Å². The predicted molar refractivity (Wildman–Crippen MR) is 98.0 cm³/mol. The van der Waals surface area contributed by atoms with Crippen molar-refractivity contribution in [3.05, 3.63) is 70.9 Å². The number of pyridine rings is 1. The maximum absolute atomic E-state index is 13.1. The number of halogens is 2. The molecule has 0 aliphatic heterocycles. The fraction of sp³-hybridized carbons (Fsp3) is 0.211. The fourth-order valence-electron chi connectivity index (χ4n) is 2.62. The van der Waals surface area contributed by atoms with E-state index in [0.29, 0.717) is 19.4 Å². The molecule has 1 amide bonds. The molecule has 5 nitrogen and oxygen atoms in total. The Morgan fingerprint density at radius 2 is 2.08 bits per heavy atom. The zero-order chi connectivity index (χ0) is 18.5. The third-order valence-corrected chi connectivity index (χ3v) is 4.32. The zero-order valence-corrected chi connectivity index (χ0v) is 15.0. The van der Waals surface area contributed by atoms with Gasteiger partial charge in [-0.15, -0.1) is 0 Å². The minimum atomic E-state index is -0.458. The van der Waals surface area contributed by atoms with Crippen LogP contribution in [0.2, 0.25) is 5.02 Å². The molecular formula is C19H18ClFN4O. The van der Waals surface area contributed by atoms with Crippen molar-refractivity contribution in [2.45, 2.75) is 19.4 Å². The van der Waals surface area contributed by atoms with Gasteiger partial charge in [0.05, 0.1) is 10.7 Å². The van der Waals surface area contributed by atoms with E-state index in [4.69, 9.17) is 11.6 Å². The van der Waals surface area contributed by atoms with Gasteiger partial charge >= 0.3 is 0 Å². The molecule has 1 aromatic carbocycles. The first-order chi connectivity index (χ1) is 12.5. The van der Waals surface area contributed by atoms with Crippen LogP contribution in [-0.4, -0.2) is 20.7 Å². The first kappa shape index (κ1) is 18.1. The molecule has 0 spiro atoms. The largest absolute Gasteiger partial charge is 0.352 e. The van der Waals surface area contributed by atoms with Crippen molar-refractivity contribution in [3.8, 4) is 11.3 Å². The van der Waals surface area contributed by atoms with Gasteiger partial charge in [-0.25, -0.2) is 4.39 Å². The third-order valence-electron chi connectivity index (χ3n) is 4.03. The van der Waals surface area contributed by atoms with E-state index in [0.717, 1.165) is 22.4 Å². The highest BCUT2D eigenvalue weighted by molar-refractivity contribution is 6.30. The number of hydrogen-bond donors (Lipinski definition) is 1. The summed E-state index contributed by atoms with van der Waals surface area (Å²) >= 11 is 5.75. The summed E-state index contributed by atoms with van der Waals surface area (Å²) in [5.74, 6) is -0.544. The minimum Gasteiger partial charge on any atom is -0.352 e. The number of nitrogens with one attached hydrogen (secondary N) is 1. The minimum absolute atomic E-state index is 0.0703. The molecule has 0 bridgehead atoms. The van der Waals surface area contributed by atoms with Gasteiger partial charge in [-0.3, -0.25) is 14.5 Å².